The summed E-state index contributed by atoms with van der Waals surface area (Å²) in [6.45, 7) is 6.07. The van der Waals surface area contributed by atoms with Crippen LogP contribution in [0.4, 0.5) is 4.39 Å². The summed E-state index contributed by atoms with van der Waals surface area (Å²) in [4.78, 5) is 15.2. The van der Waals surface area contributed by atoms with Gasteiger partial charge < -0.3 is 4.57 Å². The highest BCUT2D eigenvalue weighted by atomic mass is 19.1. The molecule has 1 aliphatic heterocycles. The minimum atomic E-state index is -0.261. The molecule has 2 heterocycles. The summed E-state index contributed by atoms with van der Waals surface area (Å²) in [5, 5.41) is 0. The average molecular weight is 362 g/mol. The van der Waals surface area contributed by atoms with E-state index in [4.69, 9.17) is 0 Å². The first-order valence-corrected chi connectivity index (χ1v) is 9.30. The lowest BCUT2D eigenvalue weighted by Gasteiger charge is -2.28. The van der Waals surface area contributed by atoms with Crippen LogP contribution in [-0.2, 0) is 13.0 Å². The van der Waals surface area contributed by atoms with Crippen molar-refractivity contribution in [3.8, 4) is 5.69 Å². The largest absolute Gasteiger partial charge is 0.318 e. The quantitative estimate of drug-likeness (QED) is 0.640. The Hall–Kier alpha value is -2.72. The van der Waals surface area contributed by atoms with Gasteiger partial charge in [-0.15, -0.1) is 0 Å². The van der Waals surface area contributed by atoms with Gasteiger partial charge in [0.05, 0.1) is 6.54 Å². The Morgan fingerprint density at radius 2 is 1.74 bits per heavy atom. The number of hydrogen-bond acceptors (Lipinski definition) is 2. The molecule has 0 amide bonds. The maximum Gasteiger partial charge on any atom is 0.178 e. The third kappa shape index (κ3) is 3.45. The number of ketones is 1. The summed E-state index contributed by atoms with van der Waals surface area (Å²) in [6, 6.07) is 16.8. The summed E-state index contributed by atoms with van der Waals surface area (Å²) in [6.07, 6.45) is 0.984. The van der Waals surface area contributed by atoms with Gasteiger partial charge in [0, 0.05) is 35.7 Å². The molecule has 4 rings (SSSR count). The number of nitrogens with zero attached hydrogens (tertiary/aromatic N) is 2. The van der Waals surface area contributed by atoms with Crippen LogP contribution < -0.4 is 0 Å². The fraction of sp³-hybridized carbons (Fsp3) is 0.261. The van der Waals surface area contributed by atoms with E-state index in [1.165, 1.54) is 23.3 Å². The number of hydrogen-bond donors (Lipinski definition) is 0. The van der Waals surface area contributed by atoms with Gasteiger partial charge in [-0.3, -0.25) is 9.69 Å². The van der Waals surface area contributed by atoms with E-state index in [0.717, 1.165) is 42.1 Å². The molecule has 0 unspecified atom stereocenters. The molecule has 1 aromatic heterocycles. The van der Waals surface area contributed by atoms with Gasteiger partial charge in [0.15, 0.2) is 5.78 Å². The molecule has 0 fully saturated rings. The Labute approximate surface area is 159 Å². The Balaban J connectivity index is 1.55. The number of benzene rings is 2. The summed E-state index contributed by atoms with van der Waals surface area (Å²) in [5.74, 6) is -0.126. The first-order valence-electron chi connectivity index (χ1n) is 9.30. The van der Waals surface area contributed by atoms with Gasteiger partial charge in [-0.25, -0.2) is 4.39 Å². The van der Waals surface area contributed by atoms with Crippen molar-refractivity contribution in [2.45, 2.75) is 26.8 Å². The van der Waals surface area contributed by atoms with Crippen molar-refractivity contribution in [2.75, 3.05) is 13.1 Å². The number of aromatic nitrogens is 1. The van der Waals surface area contributed by atoms with Crippen molar-refractivity contribution >= 4 is 5.78 Å². The van der Waals surface area contributed by atoms with Crippen molar-refractivity contribution in [1.82, 2.24) is 9.47 Å². The van der Waals surface area contributed by atoms with Crippen molar-refractivity contribution in [3.63, 3.8) is 0 Å². The number of carbonyl (C=O) groups is 1. The van der Waals surface area contributed by atoms with E-state index in [2.05, 4.69) is 29.2 Å². The second-order valence-electron chi connectivity index (χ2n) is 7.25. The molecule has 3 aromatic rings. The Morgan fingerprint density at radius 1 is 1.04 bits per heavy atom. The Morgan fingerprint density at radius 3 is 2.48 bits per heavy atom. The van der Waals surface area contributed by atoms with Gasteiger partial charge in [0.25, 0.3) is 0 Å². The average Bonchev–Trinajstić information content (AvgIpc) is 2.97. The molecule has 0 radical (unpaired) electrons. The van der Waals surface area contributed by atoms with Crippen LogP contribution >= 0.6 is 0 Å². The number of halogens is 1. The first-order chi connectivity index (χ1) is 13.0. The lowest BCUT2D eigenvalue weighted by molar-refractivity contribution is 0.0921. The molecular weight excluding hydrogens is 339 g/mol. The Kier molecular flexibility index (Phi) is 4.66. The molecule has 0 aliphatic carbocycles. The molecule has 4 heteroatoms. The van der Waals surface area contributed by atoms with E-state index in [0.29, 0.717) is 6.54 Å². The highest BCUT2D eigenvalue weighted by Crippen LogP contribution is 2.23. The predicted octanol–water partition coefficient (Wildman–Crippen LogP) is 4.47. The van der Waals surface area contributed by atoms with Gasteiger partial charge in [-0.05, 0) is 61.7 Å². The molecule has 0 bridgehead atoms. The zero-order valence-electron chi connectivity index (χ0n) is 15.7. The molecule has 0 saturated carbocycles. The van der Waals surface area contributed by atoms with Gasteiger partial charge in [0.1, 0.15) is 5.82 Å². The molecule has 3 nitrogen and oxygen atoms in total. The lowest BCUT2D eigenvalue weighted by Crippen LogP contribution is -2.35. The second kappa shape index (κ2) is 7.12. The first kappa shape index (κ1) is 17.7. The van der Waals surface area contributed by atoms with Crippen molar-refractivity contribution in [2.24, 2.45) is 0 Å². The third-order valence-corrected chi connectivity index (χ3v) is 5.39. The lowest BCUT2D eigenvalue weighted by atomic mass is 9.99. The molecule has 2 aromatic carbocycles. The zero-order valence-corrected chi connectivity index (χ0v) is 15.7. The fourth-order valence-electron chi connectivity index (χ4n) is 4.01. The summed E-state index contributed by atoms with van der Waals surface area (Å²) in [5.41, 5.74) is 6.20. The number of fused-ring (bicyclic) bond motifs is 1. The van der Waals surface area contributed by atoms with Crippen molar-refractivity contribution < 1.29 is 9.18 Å². The van der Waals surface area contributed by atoms with E-state index in [9.17, 15) is 9.18 Å². The number of aryl methyl sites for hydroxylation is 1. The van der Waals surface area contributed by atoms with Gasteiger partial charge in [-0.1, -0.05) is 24.3 Å². The summed E-state index contributed by atoms with van der Waals surface area (Å²) in [7, 11) is 0. The smallest absolute Gasteiger partial charge is 0.178 e. The monoisotopic (exact) mass is 362 g/mol. The number of Topliss-reactive ketones (excluding diaryl/α,β-unsaturated/α-hetero) is 1. The van der Waals surface area contributed by atoms with Crippen molar-refractivity contribution in [3.05, 3.63) is 88.5 Å². The SMILES string of the molecule is Cc1cc(C(=O)CN2CCc3ccccc3C2)c(C)n1-c1ccc(F)cc1. The van der Waals surface area contributed by atoms with Crippen LogP contribution in [0.3, 0.4) is 0 Å². The highest BCUT2D eigenvalue weighted by Gasteiger charge is 2.22. The summed E-state index contributed by atoms with van der Waals surface area (Å²) < 4.78 is 15.2. The molecule has 138 valence electrons. The van der Waals surface area contributed by atoms with Crippen LogP contribution in [-0.4, -0.2) is 28.3 Å². The minimum absolute atomic E-state index is 0.135. The summed E-state index contributed by atoms with van der Waals surface area (Å²) >= 11 is 0. The number of rotatable bonds is 4. The normalized spacial score (nSPS) is 14.2. The van der Waals surface area contributed by atoms with E-state index in [-0.39, 0.29) is 11.6 Å². The number of carbonyl (C=O) groups excluding carboxylic acids is 1. The van der Waals surface area contributed by atoms with Gasteiger partial charge in [-0.2, -0.15) is 0 Å². The van der Waals surface area contributed by atoms with E-state index < -0.39 is 0 Å². The maximum atomic E-state index is 13.2. The van der Waals surface area contributed by atoms with Crippen LogP contribution in [0.5, 0.6) is 0 Å². The van der Waals surface area contributed by atoms with E-state index in [1.807, 2.05) is 24.5 Å². The van der Waals surface area contributed by atoms with Crippen LogP contribution in [0.1, 0.15) is 32.9 Å². The molecular formula is C23H23FN2O. The molecule has 0 saturated heterocycles. The van der Waals surface area contributed by atoms with Crippen LogP contribution in [0.25, 0.3) is 5.69 Å². The second-order valence-corrected chi connectivity index (χ2v) is 7.25. The van der Waals surface area contributed by atoms with E-state index in [1.54, 1.807) is 12.1 Å². The maximum absolute atomic E-state index is 13.2. The molecule has 1 aliphatic rings. The molecule has 0 N–H and O–H groups in total. The standard InChI is InChI=1S/C23H23FN2O/c1-16-13-22(17(2)26(16)21-9-7-20(24)8-10-21)23(27)15-25-12-11-18-5-3-4-6-19(18)14-25/h3-10,13H,11-12,14-15H2,1-2H3. The molecule has 0 atom stereocenters. The van der Waals surface area contributed by atoms with Crippen LogP contribution in [0.2, 0.25) is 0 Å². The van der Waals surface area contributed by atoms with Crippen LogP contribution in [0, 0.1) is 19.7 Å². The van der Waals surface area contributed by atoms with Crippen LogP contribution in [0.15, 0.2) is 54.6 Å². The van der Waals surface area contributed by atoms with E-state index >= 15 is 0 Å². The zero-order chi connectivity index (χ0) is 19.0. The Bertz CT molecular complexity index is 988. The van der Waals surface area contributed by atoms with Crippen molar-refractivity contribution in [1.29, 1.82) is 0 Å². The van der Waals surface area contributed by atoms with Gasteiger partial charge in [0.2, 0.25) is 0 Å². The minimum Gasteiger partial charge on any atom is -0.318 e. The molecule has 27 heavy (non-hydrogen) atoms. The molecule has 0 spiro atoms. The topological polar surface area (TPSA) is 25.2 Å². The van der Waals surface area contributed by atoms with Gasteiger partial charge >= 0.3 is 0 Å². The predicted molar refractivity (Wildman–Crippen MR) is 105 cm³/mol. The third-order valence-electron chi connectivity index (χ3n) is 5.39. The highest BCUT2D eigenvalue weighted by molar-refractivity contribution is 5.99. The fourth-order valence-corrected chi connectivity index (χ4v) is 4.01.